The number of hydrogen-bond acceptors (Lipinski definition) is 4. The summed E-state index contributed by atoms with van der Waals surface area (Å²) in [5, 5.41) is 7.94. The minimum absolute atomic E-state index is 0.909. The molecule has 0 fully saturated rings. The maximum atomic E-state index is 4.25. The van der Waals surface area contributed by atoms with Crippen LogP contribution in [0.3, 0.4) is 0 Å². The number of hydrogen-bond donors (Lipinski definition) is 0. The van der Waals surface area contributed by atoms with Crippen LogP contribution in [0.4, 0.5) is 0 Å². The van der Waals surface area contributed by atoms with Gasteiger partial charge in [-0.15, -0.1) is 5.10 Å². The molecule has 70 valence electrons. The van der Waals surface area contributed by atoms with Crippen molar-refractivity contribution in [3.8, 4) is 0 Å². The summed E-state index contributed by atoms with van der Waals surface area (Å²) in [6.07, 6.45) is 3.77. The third-order valence-corrected chi connectivity index (χ3v) is 2.49. The average Bonchev–Trinajstić information content (AvgIpc) is 2.38. The summed E-state index contributed by atoms with van der Waals surface area (Å²) in [5.74, 6) is 0. The molecule has 1 aromatic heterocycles. The number of nitrogens with zero attached hydrogens (tertiary/aromatic N) is 4. The van der Waals surface area contributed by atoms with Gasteiger partial charge < -0.3 is 0 Å². The molecule has 2 rings (SSSR count). The molecule has 2 heterocycles. The maximum absolute atomic E-state index is 4.25. The van der Waals surface area contributed by atoms with Gasteiger partial charge in [-0.05, 0) is 25.9 Å². The summed E-state index contributed by atoms with van der Waals surface area (Å²) >= 11 is 0. The first kappa shape index (κ1) is 8.56. The lowest BCUT2D eigenvalue weighted by Crippen LogP contribution is -2.23. The van der Waals surface area contributed by atoms with Gasteiger partial charge in [-0.2, -0.15) is 5.10 Å². The molecule has 0 N–H and O–H groups in total. The van der Waals surface area contributed by atoms with Crippen molar-refractivity contribution in [2.75, 3.05) is 13.1 Å². The number of aryl methyl sites for hydroxylation is 1. The Morgan fingerprint density at radius 3 is 3.23 bits per heavy atom. The zero-order valence-electron chi connectivity index (χ0n) is 7.90. The number of aromatic nitrogens is 3. The fourth-order valence-electron chi connectivity index (χ4n) is 1.69. The molecule has 0 saturated carbocycles. The molecule has 1 aromatic rings. The van der Waals surface area contributed by atoms with E-state index in [4.69, 9.17) is 0 Å². The smallest absolute Gasteiger partial charge is 0.138 e. The highest BCUT2D eigenvalue weighted by Gasteiger charge is 2.14. The molecule has 1 aliphatic rings. The Kier molecular flexibility index (Phi) is 2.49. The molecule has 4 nitrogen and oxygen atoms in total. The van der Waals surface area contributed by atoms with Gasteiger partial charge in [0.1, 0.15) is 6.33 Å². The first-order valence-electron chi connectivity index (χ1n) is 4.78. The fourth-order valence-corrected chi connectivity index (χ4v) is 1.69. The van der Waals surface area contributed by atoms with E-state index in [1.165, 1.54) is 6.42 Å². The molecule has 4 heteroatoms. The van der Waals surface area contributed by atoms with Crippen LogP contribution in [0, 0.1) is 0 Å². The van der Waals surface area contributed by atoms with E-state index in [1.807, 2.05) is 0 Å². The van der Waals surface area contributed by atoms with E-state index >= 15 is 0 Å². The Morgan fingerprint density at radius 1 is 1.46 bits per heavy atom. The van der Waals surface area contributed by atoms with Crippen LogP contribution in [0.5, 0.6) is 0 Å². The topological polar surface area (TPSA) is 41.9 Å². The Hall–Kier alpha value is -1.03. The normalized spacial score (nSPS) is 17.9. The standard InChI is InChI=1S/C9H14N4/c1-2-13-5-3-4-8-9(6-13)12-11-7-10-8/h7H,2-6H2,1H3. The minimum atomic E-state index is 0.909. The van der Waals surface area contributed by atoms with Crippen LogP contribution >= 0.6 is 0 Å². The largest absolute Gasteiger partial charge is 0.298 e. The molecule has 13 heavy (non-hydrogen) atoms. The zero-order valence-corrected chi connectivity index (χ0v) is 7.90. The van der Waals surface area contributed by atoms with E-state index in [1.54, 1.807) is 6.33 Å². The van der Waals surface area contributed by atoms with Crippen LogP contribution in [0.25, 0.3) is 0 Å². The zero-order chi connectivity index (χ0) is 9.10. The summed E-state index contributed by atoms with van der Waals surface area (Å²) in [6, 6.07) is 0. The molecule has 1 aliphatic heterocycles. The quantitative estimate of drug-likeness (QED) is 0.633. The van der Waals surface area contributed by atoms with E-state index < -0.39 is 0 Å². The Balaban J connectivity index is 2.23. The Bertz CT molecular complexity index is 287. The molecule has 0 spiro atoms. The molecule has 0 aliphatic carbocycles. The van der Waals surface area contributed by atoms with Crippen molar-refractivity contribution < 1.29 is 0 Å². The van der Waals surface area contributed by atoms with E-state index in [9.17, 15) is 0 Å². The summed E-state index contributed by atoms with van der Waals surface area (Å²) in [7, 11) is 0. The van der Waals surface area contributed by atoms with E-state index in [2.05, 4.69) is 27.0 Å². The van der Waals surface area contributed by atoms with Crippen molar-refractivity contribution >= 4 is 0 Å². The van der Waals surface area contributed by atoms with Gasteiger partial charge in [-0.3, -0.25) is 4.90 Å². The van der Waals surface area contributed by atoms with Gasteiger partial charge in [0.05, 0.1) is 11.4 Å². The summed E-state index contributed by atoms with van der Waals surface area (Å²) in [6.45, 7) is 5.31. The summed E-state index contributed by atoms with van der Waals surface area (Å²) in [5.41, 5.74) is 2.19. The molecule has 0 saturated heterocycles. The highest BCUT2D eigenvalue weighted by atomic mass is 15.2. The summed E-state index contributed by atoms with van der Waals surface area (Å²) in [4.78, 5) is 6.62. The fraction of sp³-hybridized carbons (Fsp3) is 0.667. The van der Waals surface area contributed by atoms with Crippen LogP contribution in [0.1, 0.15) is 24.7 Å². The lowest BCUT2D eigenvalue weighted by molar-refractivity contribution is 0.281. The highest BCUT2D eigenvalue weighted by molar-refractivity contribution is 5.10. The van der Waals surface area contributed by atoms with Crippen molar-refractivity contribution in [2.24, 2.45) is 0 Å². The van der Waals surface area contributed by atoms with Gasteiger partial charge >= 0.3 is 0 Å². The SMILES string of the molecule is CCN1CCCc2ncnnc2C1. The minimum Gasteiger partial charge on any atom is -0.298 e. The van der Waals surface area contributed by atoms with Gasteiger partial charge in [-0.25, -0.2) is 4.98 Å². The van der Waals surface area contributed by atoms with Gasteiger partial charge in [-0.1, -0.05) is 6.92 Å². The number of fused-ring (bicyclic) bond motifs is 1. The third kappa shape index (κ3) is 1.83. The second-order valence-electron chi connectivity index (χ2n) is 3.33. The lowest BCUT2D eigenvalue weighted by Gasteiger charge is -2.16. The summed E-state index contributed by atoms with van der Waals surface area (Å²) < 4.78 is 0. The Morgan fingerprint density at radius 2 is 2.38 bits per heavy atom. The van der Waals surface area contributed by atoms with Gasteiger partial charge in [0.2, 0.25) is 0 Å². The van der Waals surface area contributed by atoms with Crippen molar-refractivity contribution in [3.05, 3.63) is 17.7 Å². The third-order valence-electron chi connectivity index (χ3n) is 2.49. The molecule has 0 aromatic carbocycles. The maximum Gasteiger partial charge on any atom is 0.138 e. The molecule has 0 bridgehead atoms. The van der Waals surface area contributed by atoms with Crippen molar-refractivity contribution in [2.45, 2.75) is 26.3 Å². The molecule has 0 unspecified atom stereocenters. The predicted octanol–water partition coefficient (Wildman–Crippen LogP) is 0.640. The second kappa shape index (κ2) is 3.79. The molecule has 0 amide bonds. The van der Waals surface area contributed by atoms with Crippen LogP contribution in [-0.2, 0) is 13.0 Å². The molecular formula is C9H14N4. The van der Waals surface area contributed by atoms with E-state index in [-0.39, 0.29) is 0 Å². The first-order chi connectivity index (χ1) is 6.40. The monoisotopic (exact) mass is 178 g/mol. The van der Waals surface area contributed by atoms with E-state index in [0.717, 1.165) is 37.4 Å². The van der Waals surface area contributed by atoms with Crippen LogP contribution in [0.15, 0.2) is 6.33 Å². The van der Waals surface area contributed by atoms with Gasteiger partial charge in [0.15, 0.2) is 0 Å². The van der Waals surface area contributed by atoms with Gasteiger partial charge in [0, 0.05) is 6.54 Å². The lowest BCUT2D eigenvalue weighted by atomic mass is 10.2. The van der Waals surface area contributed by atoms with Crippen molar-refractivity contribution in [1.29, 1.82) is 0 Å². The van der Waals surface area contributed by atoms with Crippen LogP contribution in [-0.4, -0.2) is 33.2 Å². The molecular weight excluding hydrogens is 164 g/mol. The van der Waals surface area contributed by atoms with Crippen molar-refractivity contribution in [1.82, 2.24) is 20.1 Å². The second-order valence-corrected chi connectivity index (χ2v) is 3.33. The van der Waals surface area contributed by atoms with E-state index in [0.29, 0.717) is 0 Å². The first-order valence-corrected chi connectivity index (χ1v) is 4.78. The molecule has 0 radical (unpaired) electrons. The van der Waals surface area contributed by atoms with Crippen LogP contribution in [0.2, 0.25) is 0 Å². The molecule has 0 atom stereocenters. The van der Waals surface area contributed by atoms with Gasteiger partial charge in [0.25, 0.3) is 0 Å². The number of rotatable bonds is 1. The average molecular weight is 178 g/mol. The highest BCUT2D eigenvalue weighted by Crippen LogP contribution is 2.12. The Labute approximate surface area is 78.0 Å². The van der Waals surface area contributed by atoms with Crippen LogP contribution < -0.4 is 0 Å². The predicted molar refractivity (Wildman–Crippen MR) is 49.1 cm³/mol. The van der Waals surface area contributed by atoms with Crippen molar-refractivity contribution in [3.63, 3.8) is 0 Å².